The highest BCUT2D eigenvalue weighted by molar-refractivity contribution is 6.30. The van der Waals surface area contributed by atoms with Crippen molar-refractivity contribution in [1.82, 2.24) is 0 Å². The van der Waals surface area contributed by atoms with Crippen LogP contribution in [0.5, 0.6) is 0 Å². The molecule has 0 saturated heterocycles. The Kier molecular flexibility index (Phi) is 3.70. The maximum atomic E-state index is 13.0. The predicted octanol–water partition coefficient (Wildman–Crippen LogP) is 2.68. The summed E-state index contributed by atoms with van der Waals surface area (Å²) in [5.74, 6) is -0.348. The van der Waals surface area contributed by atoms with Crippen LogP contribution >= 0.6 is 11.6 Å². The Labute approximate surface area is 82.7 Å². The highest BCUT2D eigenvalue weighted by Crippen LogP contribution is 2.20. The van der Waals surface area contributed by atoms with Gasteiger partial charge >= 0.3 is 0 Å². The molecule has 2 N–H and O–H groups in total. The van der Waals surface area contributed by atoms with Gasteiger partial charge in [-0.05, 0) is 49.6 Å². The average Bonchev–Trinajstić information content (AvgIpc) is 2.09. The summed E-state index contributed by atoms with van der Waals surface area (Å²) in [6.45, 7) is 2.56. The second-order valence-electron chi connectivity index (χ2n) is 3.09. The summed E-state index contributed by atoms with van der Waals surface area (Å²) in [5.41, 5.74) is 7.40. The molecule has 13 heavy (non-hydrogen) atoms. The van der Waals surface area contributed by atoms with E-state index in [0.29, 0.717) is 6.54 Å². The molecule has 0 unspecified atom stereocenters. The standard InChI is InChI=1S/C10H13ClFN/c1-7-5-9(11)10(12)6-8(7)3-2-4-13/h5-6H,2-4,13H2,1H3. The molecule has 0 aliphatic heterocycles. The van der Waals surface area contributed by atoms with Gasteiger partial charge in [0.05, 0.1) is 5.02 Å². The molecule has 1 nitrogen and oxygen atoms in total. The summed E-state index contributed by atoms with van der Waals surface area (Å²) in [5, 5.41) is 0.189. The van der Waals surface area contributed by atoms with E-state index in [4.69, 9.17) is 17.3 Å². The van der Waals surface area contributed by atoms with Gasteiger partial charge < -0.3 is 5.73 Å². The van der Waals surface area contributed by atoms with Gasteiger partial charge in [-0.15, -0.1) is 0 Å². The molecule has 1 aromatic rings. The third-order valence-electron chi connectivity index (χ3n) is 2.03. The zero-order valence-electron chi connectivity index (χ0n) is 7.61. The second kappa shape index (κ2) is 4.58. The highest BCUT2D eigenvalue weighted by atomic mass is 35.5. The SMILES string of the molecule is Cc1cc(Cl)c(F)cc1CCCN. The largest absolute Gasteiger partial charge is 0.330 e. The molecule has 0 spiro atoms. The lowest BCUT2D eigenvalue weighted by molar-refractivity contribution is 0.624. The number of hydrogen-bond acceptors (Lipinski definition) is 1. The normalized spacial score (nSPS) is 10.5. The van der Waals surface area contributed by atoms with Crippen molar-refractivity contribution in [3.63, 3.8) is 0 Å². The van der Waals surface area contributed by atoms with E-state index < -0.39 is 0 Å². The molecule has 72 valence electrons. The Morgan fingerprint density at radius 2 is 2.15 bits per heavy atom. The van der Waals surface area contributed by atoms with Crippen LogP contribution in [-0.2, 0) is 6.42 Å². The van der Waals surface area contributed by atoms with Crippen LogP contribution in [0.3, 0.4) is 0 Å². The minimum atomic E-state index is -0.348. The molecule has 0 atom stereocenters. The molecule has 0 heterocycles. The minimum absolute atomic E-state index is 0.189. The first-order valence-electron chi connectivity index (χ1n) is 4.29. The molecular formula is C10H13ClFN. The fraction of sp³-hybridized carbons (Fsp3) is 0.400. The molecule has 0 radical (unpaired) electrons. The molecule has 0 aliphatic carbocycles. The van der Waals surface area contributed by atoms with Gasteiger partial charge in [0.25, 0.3) is 0 Å². The molecule has 0 saturated carbocycles. The van der Waals surface area contributed by atoms with Crippen LogP contribution < -0.4 is 5.73 Å². The molecule has 0 aromatic heterocycles. The van der Waals surface area contributed by atoms with Crippen molar-refractivity contribution in [1.29, 1.82) is 0 Å². The number of halogens is 2. The van der Waals surface area contributed by atoms with Crippen molar-refractivity contribution in [3.8, 4) is 0 Å². The fourth-order valence-electron chi connectivity index (χ4n) is 1.25. The number of aryl methyl sites for hydroxylation is 2. The smallest absolute Gasteiger partial charge is 0.142 e. The Hall–Kier alpha value is -0.600. The van der Waals surface area contributed by atoms with Gasteiger partial charge in [-0.25, -0.2) is 4.39 Å². The van der Waals surface area contributed by atoms with E-state index in [-0.39, 0.29) is 10.8 Å². The van der Waals surface area contributed by atoms with Crippen molar-refractivity contribution >= 4 is 11.6 Å². The van der Waals surface area contributed by atoms with Crippen molar-refractivity contribution in [2.45, 2.75) is 19.8 Å². The van der Waals surface area contributed by atoms with Gasteiger partial charge in [-0.3, -0.25) is 0 Å². The van der Waals surface area contributed by atoms with Gasteiger partial charge in [0, 0.05) is 0 Å². The van der Waals surface area contributed by atoms with E-state index in [2.05, 4.69) is 0 Å². The minimum Gasteiger partial charge on any atom is -0.330 e. The quantitative estimate of drug-likeness (QED) is 0.800. The third-order valence-corrected chi connectivity index (χ3v) is 2.32. The summed E-state index contributed by atoms with van der Waals surface area (Å²) in [7, 11) is 0. The number of rotatable bonds is 3. The van der Waals surface area contributed by atoms with Crippen LogP contribution in [-0.4, -0.2) is 6.54 Å². The van der Waals surface area contributed by atoms with Crippen LogP contribution in [0.4, 0.5) is 4.39 Å². The monoisotopic (exact) mass is 201 g/mol. The molecule has 3 heteroatoms. The third kappa shape index (κ3) is 2.68. The molecule has 0 fully saturated rings. The van der Waals surface area contributed by atoms with Gasteiger partial charge in [0.2, 0.25) is 0 Å². The number of benzene rings is 1. The molecule has 0 aliphatic rings. The van der Waals surface area contributed by atoms with Crippen LogP contribution in [0.15, 0.2) is 12.1 Å². The summed E-state index contributed by atoms with van der Waals surface area (Å²) in [4.78, 5) is 0. The first kappa shape index (κ1) is 10.5. The van der Waals surface area contributed by atoms with E-state index in [9.17, 15) is 4.39 Å². The maximum absolute atomic E-state index is 13.0. The first-order chi connectivity index (χ1) is 6.15. The molecule has 0 amide bonds. The zero-order chi connectivity index (χ0) is 9.84. The lowest BCUT2D eigenvalue weighted by Crippen LogP contribution is -2.01. The zero-order valence-corrected chi connectivity index (χ0v) is 8.37. The molecule has 0 bridgehead atoms. The Bertz CT molecular complexity index is 299. The number of nitrogens with two attached hydrogens (primary N) is 1. The van der Waals surface area contributed by atoms with E-state index in [1.807, 2.05) is 6.92 Å². The van der Waals surface area contributed by atoms with Crippen LogP contribution in [0, 0.1) is 12.7 Å². The van der Waals surface area contributed by atoms with Crippen molar-refractivity contribution in [3.05, 3.63) is 34.1 Å². The maximum Gasteiger partial charge on any atom is 0.142 e. The first-order valence-corrected chi connectivity index (χ1v) is 4.67. The van der Waals surface area contributed by atoms with Crippen molar-refractivity contribution < 1.29 is 4.39 Å². The van der Waals surface area contributed by atoms with Gasteiger partial charge in [-0.2, -0.15) is 0 Å². The van der Waals surface area contributed by atoms with Crippen molar-refractivity contribution in [2.24, 2.45) is 5.73 Å². The fourth-order valence-corrected chi connectivity index (χ4v) is 1.47. The average molecular weight is 202 g/mol. The Balaban J connectivity index is 2.88. The lowest BCUT2D eigenvalue weighted by atomic mass is 10.0. The van der Waals surface area contributed by atoms with Crippen LogP contribution in [0.2, 0.25) is 5.02 Å². The summed E-state index contributed by atoms with van der Waals surface area (Å²) in [6, 6.07) is 3.15. The molecule has 1 rings (SSSR count). The summed E-state index contributed by atoms with van der Waals surface area (Å²) >= 11 is 5.62. The Morgan fingerprint density at radius 1 is 1.46 bits per heavy atom. The van der Waals surface area contributed by atoms with E-state index in [1.165, 1.54) is 6.07 Å². The van der Waals surface area contributed by atoms with Gasteiger partial charge in [0.1, 0.15) is 5.82 Å². The second-order valence-corrected chi connectivity index (χ2v) is 3.49. The predicted molar refractivity (Wildman–Crippen MR) is 53.5 cm³/mol. The molecular weight excluding hydrogens is 189 g/mol. The van der Waals surface area contributed by atoms with Crippen LogP contribution in [0.25, 0.3) is 0 Å². The summed E-state index contributed by atoms with van der Waals surface area (Å²) < 4.78 is 13.0. The number of hydrogen-bond donors (Lipinski definition) is 1. The van der Waals surface area contributed by atoms with Crippen molar-refractivity contribution in [2.75, 3.05) is 6.54 Å². The molecule has 1 aromatic carbocycles. The topological polar surface area (TPSA) is 26.0 Å². The van der Waals surface area contributed by atoms with E-state index in [0.717, 1.165) is 24.0 Å². The highest BCUT2D eigenvalue weighted by Gasteiger charge is 2.04. The van der Waals surface area contributed by atoms with E-state index in [1.54, 1.807) is 6.07 Å². The van der Waals surface area contributed by atoms with Gasteiger partial charge in [0.15, 0.2) is 0 Å². The van der Waals surface area contributed by atoms with E-state index >= 15 is 0 Å². The van der Waals surface area contributed by atoms with Crippen LogP contribution in [0.1, 0.15) is 17.5 Å². The summed E-state index contributed by atoms with van der Waals surface area (Å²) in [6.07, 6.45) is 1.69. The lowest BCUT2D eigenvalue weighted by Gasteiger charge is -2.05. The van der Waals surface area contributed by atoms with Gasteiger partial charge in [-0.1, -0.05) is 11.6 Å². The Morgan fingerprint density at radius 3 is 2.77 bits per heavy atom.